The summed E-state index contributed by atoms with van der Waals surface area (Å²) in [6, 6.07) is 17.6. The van der Waals surface area contributed by atoms with Crippen LogP contribution >= 0.6 is 0 Å². The molecule has 1 aliphatic carbocycles. The predicted octanol–water partition coefficient (Wildman–Crippen LogP) is 8.85. The summed E-state index contributed by atoms with van der Waals surface area (Å²) >= 11 is 0. The zero-order valence-electron chi connectivity index (χ0n) is 18.5. The van der Waals surface area contributed by atoms with Crippen molar-refractivity contribution in [3.63, 3.8) is 0 Å². The van der Waals surface area contributed by atoms with E-state index in [4.69, 9.17) is 4.74 Å². The van der Waals surface area contributed by atoms with Gasteiger partial charge in [-0.15, -0.1) is 0 Å². The van der Waals surface area contributed by atoms with Crippen LogP contribution in [0.1, 0.15) is 82.6 Å². The SMILES string of the molecule is CCCCCCOc1ccc(-c2ccc([C@H]3CC[C@H](CCC=CF)CC3)cc2)cc1. The Morgan fingerprint density at radius 3 is 2.17 bits per heavy atom. The minimum Gasteiger partial charge on any atom is -0.494 e. The van der Waals surface area contributed by atoms with Gasteiger partial charge < -0.3 is 4.74 Å². The normalized spacial score (nSPS) is 19.3. The fourth-order valence-electron chi connectivity index (χ4n) is 4.59. The number of hydrogen-bond donors (Lipinski definition) is 0. The van der Waals surface area contributed by atoms with Crippen LogP contribution in [0.15, 0.2) is 60.9 Å². The second kappa shape index (κ2) is 12.6. The average Bonchev–Trinajstić information content (AvgIpc) is 2.80. The third-order valence-electron chi connectivity index (χ3n) is 6.51. The zero-order chi connectivity index (χ0) is 21.0. The molecule has 1 saturated carbocycles. The summed E-state index contributed by atoms with van der Waals surface area (Å²) < 4.78 is 18.0. The Morgan fingerprint density at radius 1 is 0.867 bits per heavy atom. The number of halogens is 1. The lowest BCUT2D eigenvalue weighted by Gasteiger charge is -2.28. The monoisotopic (exact) mass is 408 g/mol. The standard InChI is InChI=1S/C28H37FO/c1-2-3-4-7-22-30-28-19-17-27(18-20-28)26-15-13-25(14-16-26)24-11-9-23(10-12-24)8-5-6-21-29/h6,13-21,23-24H,2-5,7-12,22H2,1H3/t23-,24-. The van der Waals surface area contributed by atoms with E-state index in [2.05, 4.69) is 55.5 Å². The summed E-state index contributed by atoms with van der Waals surface area (Å²) in [7, 11) is 0. The summed E-state index contributed by atoms with van der Waals surface area (Å²) in [6.07, 6.45) is 14.3. The van der Waals surface area contributed by atoms with Gasteiger partial charge in [-0.2, -0.15) is 0 Å². The molecule has 0 spiro atoms. The van der Waals surface area contributed by atoms with Crippen molar-refractivity contribution in [1.82, 2.24) is 0 Å². The molecule has 0 radical (unpaired) electrons. The van der Waals surface area contributed by atoms with Crippen molar-refractivity contribution in [2.24, 2.45) is 5.92 Å². The van der Waals surface area contributed by atoms with Crippen LogP contribution in [-0.4, -0.2) is 6.61 Å². The largest absolute Gasteiger partial charge is 0.494 e. The van der Waals surface area contributed by atoms with Crippen molar-refractivity contribution >= 4 is 0 Å². The van der Waals surface area contributed by atoms with Gasteiger partial charge in [0.15, 0.2) is 0 Å². The maximum absolute atomic E-state index is 12.1. The van der Waals surface area contributed by atoms with Gasteiger partial charge in [0.2, 0.25) is 0 Å². The molecule has 0 aromatic heterocycles. The van der Waals surface area contributed by atoms with Gasteiger partial charge in [0.25, 0.3) is 0 Å². The van der Waals surface area contributed by atoms with Crippen molar-refractivity contribution in [3.8, 4) is 16.9 Å². The predicted molar refractivity (Wildman–Crippen MR) is 126 cm³/mol. The molecule has 0 N–H and O–H groups in total. The van der Waals surface area contributed by atoms with Gasteiger partial charge in [0.1, 0.15) is 5.75 Å². The quantitative estimate of drug-likeness (QED) is 0.337. The topological polar surface area (TPSA) is 9.23 Å². The highest BCUT2D eigenvalue weighted by Crippen LogP contribution is 2.38. The molecule has 0 heterocycles. The third-order valence-corrected chi connectivity index (χ3v) is 6.51. The highest BCUT2D eigenvalue weighted by molar-refractivity contribution is 5.64. The van der Waals surface area contributed by atoms with E-state index in [0.29, 0.717) is 12.2 Å². The van der Waals surface area contributed by atoms with Crippen molar-refractivity contribution in [2.75, 3.05) is 6.61 Å². The molecule has 0 saturated heterocycles. The van der Waals surface area contributed by atoms with Gasteiger partial charge in [-0.05, 0) is 85.6 Å². The highest BCUT2D eigenvalue weighted by Gasteiger charge is 2.21. The number of ether oxygens (including phenoxy) is 1. The fraction of sp³-hybridized carbons (Fsp3) is 0.500. The Labute approximate surface area is 182 Å². The van der Waals surface area contributed by atoms with E-state index in [1.54, 1.807) is 6.08 Å². The van der Waals surface area contributed by atoms with E-state index in [9.17, 15) is 4.39 Å². The molecule has 3 rings (SSSR count). The lowest BCUT2D eigenvalue weighted by Crippen LogP contribution is -2.13. The van der Waals surface area contributed by atoms with Crippen molar-refractivity contribution in [3.05, 3.63) is 66.5 Å². The van der Waals surface area contributed by atoms with E-state index in [1.165, 1.54) is 61.6 Å². The zero-order valence-corrected chi connectivity index (χ0v) is 18.5. The molecule has 30 heavy (non-hydrogen) atoms. The second-order valence-electron chi connectivity index (χ2n) is 8.71. The lowest BCUT2D eigenvalue weighted by molar-refractivity contribution is 0.305. The number of rotatable bonds is 11. The van der Waals surface area contributed by atoms with Gasteiger partial charge in [-0.1, -0.05) is 68.7 Å². The van der Waals surface area contributed by atoms with Gasteiger partial charge in [-0.3, -0.25) is 0 Å². The van der Waals surface area contributed by atoms with Crippen LogP contribution in [0.4, 0.5) is 4.39 Å². The number of hydrogen-bond acceptors (Lipinski definition) is 1. The molecule has 1 fully saturated rings. The van der Waals surface area contributed by atoms with Crippen LogP contribution < -0.4 is 4.74 Å². The molecule has 0 aliphatic heterocycles. The first-order valence-electron chi connectivity index (χ1n) is 11.9. The van der Waals surface area contributed by atoms with Crippen LogP contribution in [-0.2, 0) is 0 Å². The molecule has 2 heteroatoms. The number of allylic oxidation sites excluding steroid dienone is 1. The summed E-state index contributed by atoms with van der Waals surface area (Å²) in [5, 5.41) is 0. The minimum atomic E-state index is 0.676. The molecule has 0 bridgehead atoms. The van der Waals surface area contributed by atoms with Crippen LogP contribution in [0.3, 0.4) is 0 Å². The molecular weight excluding hydrogens is 371 g/mol. The van der Waals surface area contributed by atoms with Crippen molar-refractivity contribution < 1.29 is 9.13 Å². The van der Waals surface area contributed by atoms with E-state index in [0.717, 1.165) is 37.5 Å². The molecule has 1 nitrogen and oxygen atoms in total. The van der Waals surface area contributed by atoms with Crippen LogP contribution in [0.5, 0.6) is 5.75 Å². The Morgan fingerprint density at radius 2 is 1.53 bits per heavy atom. The first-order valence-corrected chi connectivity index (χ1v) is 11.9. The third kappa shape index (κ3) is 7.00. The molecule has 0 amide bonds. The van der Waals surface area contributed by atoms with Crippen LogP contribution in [0.2, 0.25) is 0 Å². The maximum Gasteiger partial charge on any atom is 0.119 e. The first kappa shape index (κ1) is 22.6. The highest BCUT2D eigenvalue weighted by atomic mass is 19.1. The number of unbranched alkanes of at least 4 members (excludes halogenated alkanes) is 3. The molecule has 2 aromatic carbocycles. The van der Waals surface area contributed by atoms with Crippen LogP contribution in [0, 0.1) is 5.92 Å². The van der Waals surface area contributed by atoms with E-state index in [1.807, 2.05) is 0 Å². The van der Waals surface area contributed by atoms with Gasteiger partial charge in [-0.25, -0.2) is 4.39 Å². The van der Waals surface area contributed by atoms with Crippen molar-refractivity contribution in [1.29, 1.82) is 0 Å². The van der Waals surface area contributed by atoms with E-state index < -0.39 is 0 Å². The minimum absolute atomic E-state index is 0.676. The smallest absolute Gasteiger partial charge is 0.119 e. The maximum atomic E-state index is 12.1. The summed E-state index contributed by atoms with van der Waals surface area (Å²) in [4.78, 5) is 0. The molecule has 1 aliphatic rings. The Balaban J connectivity index is 1.47. The Bertz CT molecular complexity index is 739. The Hall–Kier alpha value is -2.09. The molecular formula is C28H37FO. The van der Waals surface area contributed by atoms with E-state index >= 15 is 0 Å². The van der Waals surface area contributed by atoms with Gasteiger partial charge in [0.05, 0.1) is 12.9 Å². The van der Waals surface area contributed by atoms with Crippen molar-refractivity contribution in [2.45, 2.75) is 77.0 Å². The molecule has 0 unspecified atom stereocenters. The fourth-order valence-corrected chi connectivity index (χ4v) is 4.59. The summed E-state index contributed by atoms with van der Waals surface area (Å²) in [6.45, 7) is 3.04. The van der Waals surface area contributed by atoms with Gasteiger partial charge in [0, 0.05) is 0 Å². The van der Waals surface area contributed by atoms with E-state index in [-0.39, 0.29) is 0 Å². The Kier molecular flexibility index (Phi) is 9.47. The molecule has 2 aromatic rings. The second-order valence-corrected chi connectivity index (χ2v) is 8.71. The summed E-state index contributed by atoms with van der Waals surface area (Å²) in [5.41, 5.74) is 3.97. The summed E-state index contributed by atoms with van der Waals surface area (Å²) in [5.74, 6) is 2.41. The molecule has 162 valence electrons. The number of benzene rings is 2. The first-order chi connectivity index (χ1) is 14.8. The molecule has 0 atom stereocenters. The lowest BCUT2D eigenvalue weighted by atomic mass is 9.77. The van der Waals surface area contributed by atoms with Crippen LogP contribution in [0.25, 0.3) is 11.1 Å². The average molecular weight is 409 g/mol. The van der Waals surface area contributed by atoms with Gasteiger partial charge >= 0.3 is 0 Å².